The molecular weight excluding hydrogens is 312 g/mol. The van der Waals surface area contributed by atoms with E-state index in [9.17, 15) is 9.59 Å². The minimum absolute atomic E-state index is 0.0683. The van der Waals surface area contributed by atoms with Gasteiger partial charge in [-0.25, -0.2) is 0 Å². The summed E-state index contributed by atoms with van der Waals surface area (Å²) in [4.78, 5) is 29.2. The highest BCUT2D eigenvalue weighted by molar-refractivity contribution is 5.98. The number of benzene rings is 2. The SMILES string of the molecule is O=C(c1ccc2ccccc2c1)N1CCN(C(=O)C2CCCC2)CC1. The maximum Gasteiger partial charge on any atom is 0.253 e. The molecule has 1 heterocycles. The quantitative estimate of drug-likeness (QED) is 0.844. The van der Waals surface area contributed by atoms with E-state index in [1.807, 2.05) is 46.2 Å². The molecule has 2 fully saturated rings. The molecule has 0 spiro atoms. The van der Waals surface area contributed by atoms with Gasteiger partial charge < -0.3 is 9.80 Å². The molecule has 1 saturated carbocycles. The molecule has 0 atom stereocenters. The van der Waals surface area contributed by atoms with Crippen LogP contribution >= 0.6 is 0 Å². The van der Waals surface area contributed by atoms with Crippen LogP contribution in [0.25, 0.3) is 10.8 Å². The first-order chi connectivity index (χ1) is 12.2. The highest BCUT2D eigenvalue weighted by Crippen LogP contribution is 2.27. The Morgan fingerprint density at radius 2 is 1.44 bits per heavy atom. The van der Waals surface area contributed by atoms with Crippen molar-refractivity contribution in [2.75, 3.05) is 26.2 Å². The molecule has 0 N–H and O–H groups in total. The van der Waals surface area contributed by atoms with E-state index in [0.29, 0.717) is 32.1 Å². The van der Waals surface area contributed by atoms with Gasteiger partial charge in [0.25, 0.3) is 5.91 Å². The van der Waals surface area contributed by atoms with E-state index in [4.69, 9.17) is 0 Å². The molecular formula is C21H24N2O2. The van der Waals surface area contributed by atoms with Gasteiger partial charge in [0.05, 0.1) is 0 Å². The van der Waals surface area contributed by atoms with Crippen molar-refractivity contribution >= 4 is 22.6 Å². The molecule has 2 aromatic rings. The number of piperazine rings is 1. The molecule has 1 aliphatic heterocycles. The van der Waals surface area contributed by atoms with Gasteiger partial charge in [0.2, 0.25) is 5.91 Å². The Kier molecular flexibility index (Phi) is 4.43. The Hall–Kier alpha value is -2.36. The number of hydrogen-bond acceptors (Lipinski definition) is 2. The van der Waals surface area contributed by atoms with Crippen molar-refractivity contribution in [3.8, 4) is 0 Å². The Bertz CT molecular complexity index is 787. The molecule has 2 aromatic carbocycles. The van der Waals surface area contributed by atoms with Crippen molar-refractivity contribution in [2.45, 2.75) is 25.7 Å². The van der Waals surface area contributed by atoms with Gasteiger partial charge in [0.1, 0.15) is 0 Å². The van der Waals surface area contributed by atoms with E-state index < -0.39 is 0 Å². The third-order valence-corrected chi connectivity index (χ3v) is 5.58. The third kappa shape index (κ3) is 3.26. The van der Waals surface area contributed by atoms with Crippen LogP contribution in [0.3, 0.4) is 0 Å². The fraction of sp³-hybridized carbons (Fsp3) is 0.429. The molecule has 4 nitrogen and oxygen atoms in total. The van der Waals surface area contributed by atoms with Crippen LogP contribution in [-0.4, -0.2) is 47.8 Å². The van der Waals surface area contributed by atoms with Crippen LogP contribution in [-0.2, 0) is 4.79 Å². The Balaban J connectivity index is 1.41. The van der Waals surface area contributed by atoms with E-state index in [2.05, 4.69) is 6.07 Å². The molecule has 4 heteroatoms. The van der Waals surface area contributed by atoms with Crippen molar-refractivity contribution in [3.63, 3.8) is 0 Å². The zero-order valence-electron chi connectivity index (χ0n) is 14.5. The monoisotopic (exact) mass is 336 g/mol. The van der Waals surface area contributed by atoms with Gasteiger partial charge >= 0.3 is 0 Å². The Labute approximate surface area is 148 Å². The number of fused-ring (bicyclic) bond motifs is 1. The largest absolute Gasteiger partial charge is 0.339 e. The first kappa shape index (κ1) is 16.1. The number of carbonyl (C=O) groups excluding carboxylic acids is 2. The first-order valence-electron chi connectivity index (χ1n) is 9.29. The summed E-state index contributed by atoms with van der Waals surface area (Å²) in [7, 11) is 0. The van der Waals surface area contributed by atoms with Crippen LogP contribution < -0.4 is 0 Å². The molecule has 0 aromatic heterocycles. The molecule has 2 aliphatic rings. The Morgan fingerprint density at radius 1 is 0.800 bits per heavy atom. The fourth-order valence-electron chi connectivity index (χ4n) is 4.07. The van der Waals surface area contributed by atoms with Crippen LogP contribution in [0.5, 0.6) is 0 Å². The summed E-state index contributed by atoms with van der Waals surface area (Å²) in [5.74, 6) is 0.594. The predicted molar refractivity (Wildman–Crippen MR) is 98.4 cm³/mol. The van der Waals surface area contributed by atoms with E-state index in [0.717, 1.165) is 29.2 Å². The average Bonchev–Trinajstić information content (AvgIpc) is 3.21. The normalized spacial score (nSPS) is 18.7. The molecule has 1 aliphatic carbocycles. The summed E-state index contributed by atoms with van der Waals surface area (Å²) in [6, 6.07) is 14.0. The summed E-state index contributed by atoms with van der Waals surface area (Å²) in [5.41, 5.74) is 0.731. The highest BCUT2D eigenvalue weighted by atomic mass is 16.2. The fourth-order valence-corrected chi connectivity index (χ4v) is 4.07. The molecule has 0 unspecified atom stereocenters. The summed E-state index contributed by atoms with van der Waals surface area (Å²) in [6.07, 6.45) is 4.43. The molecule has 4 rings (SSSR count). The van der Waals surface area contributed by atoms with Gasteiger partial charge in [-0.2, -0.15) is 0 Å². The maximum absolute atomic E-state index is 12.8. The van der Waals surface area contributed by atoms with Crippen LogP contribution in [0.4, 0.5) is 0 Å². The van der Waals surface area contributed by atoms with Crippen LogP contribution in [0.1, 0.15) is 36.0 Å². The maximum atomic E-state index is 12.8. The summed E-state index contributed by atoms with van der Waals surface area (Å²) in [5, 5.41) is 2.23. The number of amides is 2. The van der Waals surface area contributed by atoms with Crippen molar-refractivity contribution in [1.29, 1.82) is 0 Å². The standard InChI is InChI=1S/C21H24N2O2/c24-20(17-6-2-3-7-17)22-11-13-23(14-12-22)21(25)19-10-9-16-5-1-4-8-18(16)15-19/h1,4-5,8-10,15,17H,2-3,6-7,11-14H2. The first-order valence-corrected chi connectivity index (χ1v) is 9.29. The number of hydrogen-bond donors (Lipinski definition) is 0. The van der Waals surface area contributed by atoms with E-state index >= 15 is 0 Å². The van der Waals surface area contributed by atoms with Crippen LogP contribution in [0.2, 0.25) is 0 Å². The lowest BCUT2D eigenvalue weighted by Crippen LogP contribution is -2.51. The van der Waals surface area contributed by atoms with Gasteiger partial charge in [-0.15, -0.1) is 0 Å². The predicted octanol–water partition coefficient (Wildman–Crippen LogP) is 3.31. The second kappa shape index (κ2) is 6.87. The van der Waals surface area contributed by atoms with E-state index in [-0.39, 0.29) is 11.8 Å². The minimum atomic E-state index is 0.0683. The molecule has 2 amide bonds. The van der Waals surface area contributed by atoms with Crippen molar-refractivity contribution in [1.82, 2.24) is 9.80 Å². The molecule has 0 radical (unpaired) electrons. The molecule has 25 heavy (non-hydrogen) atoms. The van der Waals surface area contributed by atoms with Gasteiger partial charge in [-0.1, -0.05) is 43.2 Å². The lowest BCUT2D eigenvalue weighted by Gasteiger charge is -2.36. The summed E-state index contributed by atoms with van der Waals surface area (Å²) >= 11 is 0. The zero-order valence-corrected chi connectivity index (χ0v) is 14.5. The molecule has 0 bridgehead atoms. The second-order valence-electron chi connectivity index (χ2n) is 7.16. The number of nitrogens with zero attached hydrogens (tertiary/aromatic N) is 2. The van der Waals surface area contributed by atoms with Gasteiger partial charge in [0, 0.05) is 37.7 Å². The van der Waals surface area contributed by atoms with Crippen LogP contribution in [0.15, 0.2) is 42.5 Å². The van der Waals surface area contributed by atoms with Crippen molar-refractivity contribution in [2.24, 2.45) is 5.92 Å². The lowest BCUT2D eigenvalue weighted by molar-refractivity contribution is -0.136. The third-order valence-electron chi connectivity index (χ3n) is 5.58. The van der Waals surface area contributed by atoms with E-state index in [1.165, 1.54) is 12.8 Å². The number of rotatable bonds is 2. The molecule has 130 valence electrons. The van der Waals surface area contributed by atoms with E-state index in [1.54, 1.807) is 0 Å². The smallest absolute Gasteiger partial charge is 0.253 e. The summed E-state index contributed by atoms with van der Waals surface area (Å²) < 4.78 is 0. The van der Waals surface area contributed by atoms with Crippen molar-refractivity contribution < 1.29 is 9.59 Å². The summed E-state index contributed by atoms with van der Waals surface area (Å²) in [6.45, 7) is 2.58. The highest BCUT2D eigenvalue weighted by Gasteiger charge is 2.30. The topological polar surface area (TPSA) is 40.6 Å². The molecule has 1 saturated heterocycles. The minimum Gasteiger partial charge on any atom is -0.339 e. The Morgan fingerprint density at radius 3 is 2.16 bits per heavy atom. The van der Waals surface area contributed by atoms with Crippen molar-refractivity contribution in [3.05, 3.63) is 48.0 Å². The average molecular weight is 336 g/mol. The number of carbonyl (C=O) groups is 2. The zero-order chi connectivity index (χ0) is 17.2. The van der Waals surface area contributed by atoms with Gasteiger partial charge in [0.15, 0.2) is 0 Å². The van der Waals surface area contributed by atoms with Gasteiger partial charge in [-0.3, -0.25) is 9.59 Å². The lowest BCUT2D eigenvalue weighted by atomic mass is 10.0. The van der Waals surface area contributed by atoms with Crippen LogP contribution in [0, 0.1) is 5.92 Å². The van der Waals surface area contributed by atoms with Gasteiger partial charge in [-0.05, 0) is 35.7 Å². The second-order valence-corrected chi connectivity index (χ2v) is 7.16.